The van der Waals surface area contributed by atoms with E-state index in [2.05, 4.69) is 5.16 Å². The van der Waals surface area contributed by atoms with Crippen LogP contribution in [0.25, 0.3) is 0 Å². The Kier molecular flexibility index (Phi) is 4.47. The zero-order valence-electron chi connectivity index (χ0n) is 9.80. The van der Waals surface area contributed by atoms with E-state index in [1.54, 1.807) is 6.92 Å². The number of nitrogens with two attached hydrogens (primary N) is 1. The quantitative estimate of drug-likeness (QED) is 0.320. The molecule has 0 aromatic heterocycles. The second kappa shape index (κ2) is 5.85. The number of phenols is 1. The molecule has 0 saturated heterocycles. The molecular weight excluding hydrogens is 241 g/mol. The van der Waals surface area contributed by atoms with Crippen molar-refractivity contribution in [2.24, 2.45) is 10.9 Å². The summed E-state index contributed by atoms with van der Waals surface area (Å²) in [6.45, 7) is 1.84. The van der Waals surface area contributed by atoms with Crippen LogP contribution in [0.5, 0.6) is 5.75 Å². The number of aromatic hydroxyl groups is 1. The molecule has 0 fully saturated rings. The van der Waals surface area contributed by atoms with E-state index >= 15 is 0 Å². The normalized spacial score (nSPS) is 11.3. The molecule has 1 amide bonds. The standard InChI is InChI=1S/C11H14FN3O3/c1-2-15(6-10(13)14-18)11(17)8-5-7(12)3-4-9(8)16/h3-5,16,18H,2,6H2,1H3,(H2,13,14). The van der Waals surface area contributed by atoms with Crippen molar-refractivity contribution in [2.75, 3.05) is 13.1 Å². The van der Waals surface area contributed by atoms with E-state index in [0.29, 0.717) is 0 Å². The van der Waals surface area contributed by atoms with Crippen LogP contribution in [-0.4, -0.2) is 40.0 Å². The van der Waals surface area contributed by atoms with Gasteiger partial charge in [0.15, 0.2) is 5.84 Å². The molecule has 4 N–H and O–H groups in total. The number of benzene rings is 1. The third kappa shape index (κ3) is 3.09. The molecule has 7 heteroatoms. The number of nitrogens with zero attached hydrogens (tertiary/aromatic N) is 2. The van der Waals surface area contributed by atoms with Gasteiger partial charge in [-0.2, -0.15) is 0 Å². The predicted molar refractivity (Wildman–Crippen MR) is 63.1 cm³/mol. The summed E-state index contributed by atoms with van der Waals surface area (Å²) in [5.74, 6) is -1.70. The van der Waals surface area contributed by atoms with E-state index in [1.165, 1.54) is 4.90 Å². The topological polar surface area (TPSA) is 99.1 Å². The number of amides is 1. The van der Waals surface area contributed by atoms with Crippen LogP contribution in [0.15, 0.2) is 23.4 Å². The van der Waals surface area contributed by atoms with Crippen molar-refractivity contribution in [3.63, 3.8) is 0 Å². The smallest absolute Gasteiger partial charge is 0.258 e. The maximum atomic E-state index is 13.0. The van der Waals surface area contributed by atoms with Gasteiger partial charge in [-0.25, -0.2) is 4.39 Å². The molecule has 0 aliphatic heterocycles. The summed E-state index contributed by atoms with van der Waals surface area (Å²) in [5.41, 5.74) is 5.14. The molecule has 98 valence electrons. The van der Waals surface area contributed by atoms with E-state index in [0.717, 1.165) is 18.2 Å². The molecule has 0 atom stereocenters. The number of phenolic OH excluding ortho intramolecular Hbond substituents is 1. The lowest BCUT2D eigenvalue weighted by atomic mass is 10.1. The lowest BCUT2D eigenvalue weighted by Crippen LogP contribution is -2.38. The van der Waals surface area contributed by atoms with Crippen molar-refractivity contribution in [3.05, 3.63) is 29.6 Å². The van der Waals surface area contributed by atoms with Crippen molar-refractivity contribution in [1.29, 1.82) is 0 Å². The molecule has 0 saturated carbocycles. The first-order chi connectivity index (χ1) is 8.49. The van der Waals surface area contributed by atoms with Gasteiger partial charge in [0.2, 0.25) is 0 Å². The van der Waals surface area contributed by atoms with Crippen LogP contribution < -0.4 is 5.73 Å². The van der Waals surface area contributed by atoms with Crippen LogP contribution in [0, 0.1) is 5.82 Å². The lowest BCUT2D eigenvalue weighted by Gasteiger charge is -2.20. The zero-order chi connectivity index (χ0) is 13.7. The van der Waals surface area contributed by atoms with Crippen LogP contribution in [0.3, 0.4) is 0 Å². The number of oxime groups is 1. The minimum Gasteiger partial charge on any atom is -0.507 e. The Morgan fingerprint density at radius 3 is 2.78 bits per heavy atom. The van der Waals surface area contributed by atoms with Gasteiger partial charge < -0.3 is 20.9 Å². The molecular formula is C11H14FN3O3. The van der Waals surface area contributed by atoms with Gasteiger partial charge in [-0.3, -0.25) is 4.79 Å². The summed E-state index contributed by atoms with van der Waals surface area (Å²) in [5, 5.41) is 20.7. The second-order valence-corrected chi connectivity index (χ2v) is 3.57. The summed E-state index contributed by atoms with van der Waals surface area (Å²) in [4.78, 5) is 13.2. The van der Waals surface area contributed by atoms with Crippen LogP contribution >= 0.6 is 0 Å². The Hall–Kier alpha value is -2.31. The van der Waals surface area contributed by atoms with Gasteiger partial charge in [-0.05, 0) is 25.1 Å². The Morgan fingerprint density at radius 1 is 1.56 bits per heavy atom. The van der Waals surface area contributed by atoms with Crippen molar-refractivity contribution in [2.45, 2.75) is 6.92 Å². The van der Waals surface area contributed by atoms with Crippen molar-refractivity contribution in [3.8, 4) is 5.75 Å². The van der Waals surface area contributed by atoms with Crippen LogP contribution in [-0.2, 0) is 0 Å². The Bertz CT molecular complexity index is 477. The second-order valence-electron chi connectivity index (χ2n) is 3.57. The van der Waals surface area contributed by atoms with E-state index in [1.807, 2.05) is 0 Å². The highest BCUT2D eigenvalue weighted by atomic mass is 19.1. The van der Waals surface area contributed by atoms with Gasteiger partial charge in [-0.15, -0.1) is 0 Å². The highest BCUT2D eigenvalue weighted by Crippen LogP contribution is 2.19. The van der Waals surface area contributed by atoms with Crippen molar-refractivity contribution in [1.82, 2.24) is 4.90 Å². The Labute approximate surface area is 103 Å². The number of hydrogen-bond acceptors (Lipinski definition) is 4. The first kappa shape index (κ1) is 13.8. The van der Waals surface area contributed by atoms with E-state index in [9.17, 15) is 14.3 Å². The maximum Gasteiger partial charge on any atom is 0.258 e. The summed E-state index contributed by atoms with van der Waals surface area (Å²) in [6, 6.07) is 3.08. The predicted octanol–water partition coefficient (Wildman–Crippen LogP) is 0.740. The van der Waals surface area contributed by atoms with E-state index in [4.69, 9.17) is 10.9 Å². The van der Waals surface area contributed by atoms with Crippen molar-refractivity contribution < 1.29 is 19.5 Å². The average molecular weight is 255 g/mol. The third-order valence-electron chi connectivity index (χ3n) is 2.34. The SMILES string of the molecule is CCN(C/C(N)=N/O)C(=O)c1cc(F)ccc1O. The molecule has 6 nitrogen and oxygen atoms in total. The van der Waals surface area contributed by atoms with Gasteiger partial charge in [0.25, 0.3) is 5.91 Å². The maximum absolute atomic E-state index is 13.0. The fourth-order valence-corrected chi connectivity index (χ4v) is 1.40. The third-order valence-corrected chi connectivity index (χ3v) is 2.34. The minimum atomic E-state index is -0.629. The van der Waals surface area contributed by atoms with Crippen molar-refractivity contribution >= 4 is 11.7 Å². The number of carbonyl (C=O) groups is 1. The summed E-state index contributed by atoms with van der Waals surface area (Å²) >= 11 is 0. The van der Waals surface area contributed by atoms with E-state index < -0.39 is 11.7 Å². The summed E-state index contributed by atoms with van der Waals surface area (Å²) < 4.78 is 13.0. The van der Waals surface area contributed by atoms with Gasteiger partial charge in [0, 0.05) is 6.54 Å². The highest BCUT2D eigenvalue weighted by Gasteiger charge is 2.19. The monoisotopic (exact) mass is 255 g/mol. The van der Waals surface area contributed by atoms with Gasteiger partial charge in [-0.1, -0.05) is 5.16 Å². The van der Waals surface area contributed by atoms with Gasteiger partial charge >= 0.3 is 0 Å². The molecule has 1 rings (SSSR count). The fraction of sp³-hybridized carbons (Fsp3) is 0.273. The molecule has 18 heavy (non-hydrogen) atoms. The van der Waals surface area contributed by atoms with E-state index in [-0.39, 0.29) is 30.2 Å². The molecule has 0 spiro atoms. The number of halogens is 1. The van der Waals surface area contributed by atoms with Crippen LogP contribution in [0.2, 0.25) is 0 Å². The first-order valence-corrected chi connectivity index (χ1v) is 5.23. The fourth-order valence-electron chi connectivity index (χ4n) is 1.40. The van der Waals surface area contributed by atoms with Gasteiger partial charge in [0.1, 0.15) is 11.6 Å². The number of likely N-dealkylation sites (N-methyl/N-ethyl adjacent to an activating group) is 1. The lowest BCUT2D eigenvalue weighted by molar-refractivity contribution is 0.0782. The molecule has 0 aliphatic carbocycles. The average Bonchev–Trinajstić information content (AvgIpc) is 2.37. The first-order valence-electron chi connectivity index (χ1n) is 5.23. The number of carbonyl (C=O) groups excluding carboxylic acids is 1. The van der Waals surface area contributed by atoms with Gasteiger partial charge in [0.05, 0.1) is 12.1 Å². The number of amidine groups is 1. The molecule has 0 radical (unpaired) electrons. The van der Waals surface area contributed by atoms with Crippen LogP contribution in [0.1, 0.15) is 17.3 Å². The molecule has 0 heterocycles. The van der Waals surface area contributed by atoms with Crippen LogP contribution in [0.4, 0.5) is 4.39 Å². The molecule has 0 aliphatic rings. The molecule has 0 bridgehead atoms. The zero-order valence-corrected chi connectivity index (χ0v) is 9.80. The largest absolute Gasteiger partial charge is 0.507 e. The Morgan fingerprint density at radius 2 is 2.22 bits per heavy atom. The minimum absolute atomic E-state index is 0.109. The summed E-state index contributed by atoms with van der Waals surface area (Å²) in [7, 11) is 0. The summed E-state index contributed by atoms with van der Waals surface area (Å²) in [6.07, 6.45) is 0. The number of rotatable bonds is 4. The molecule has 1 aromatic rings. The Balaban J connectivity index is 3.00. The highest BCUT2D eigenvalue weighted by molar-refractivity contribution is 5.99. The number of hydrogen-bond donors (Lipinski definition) is 3. The molecule has 0 unspecified atom stereocenters. The molecule has 1 aromatic carbocycles.